The van der Waals surface area contributed by atoms with Gasteiger partial charge in [0.1, 0.15) is 5.78 Å². The number of hydrogen-bond donors (Lipinski definition) is 1. The minimum Gasteiger partial charge on any atom is -0.325 e. The molecule has 116 valence electrons. The van der Waals surface area contributed by atoms with Crippen LogP contribution in [0.25, 0.3) is 0 Å². The summed E-state index contributed by atoms with van der Waals surface area (Å²) in [6.07, 6.45) is 1.97. The molecule has 0 spiro atoms. The van der Waals surface area contributed by atoms with Crippen molar-refractivity contribution in [1.82, 2.24) is 0 Å². The number of carbonyl (C=O) groups is 2. The predicted octanol–water partition coefficient (Wildman–Crippen LogP) is 4.63. The Bertz CT molecular complexity index is 480. The number of anilines is 1. The van der Waals surface area contributed by atoms with Crippen LogP contribution in [-0.4, -0.2) is 11.7 Å². The summed E-state index contributed by atoms with van der Waals surface area (Å²) in [4.78, 5) is 23.2. The van der Waals surface area contributed by atoms with Gasteiger partial charge < -0.3 is 5.32 Å². The minimum atomic E-state index is -0.220. The fraction of sp³-hybridized carbons (Fsp3) is 0.556. The maximum atomic E-state index is 12.0. The van der Waals surface area contributed by atoms with Crippen LogP contribution in [0.5, 0.6) is 0 Å². The normalized spacial score (nSPS) is 13.6. The lowest BCUT2D eigenvalue weighted by molar-refractivity contribution is -0.124. The van der Waals surface area contributed by atoms with E-state index in [2.05, 4.69) is 51.2 Å². The first-order chi connectivity index (χ1) is 9.90. The van der Waals surface area contributed by atoms with Crippen molar-refractivity contribution in [3.63, 3.8) is 0 Å². The van der Waals surface area contributed by atoms with E-state index in [1.807, 2.05) is 0 Å². The van der Waals surface area contributed by atoms with Crippen molar-refractivity contribution in [2.75, 3.05) is 5.32 Å². The summed E-state index contributed by atoms with van der Waals surface area (Å²) in [6.45, 7) is 10.0. The van der Waals surface area contributed by atoms with Crippen molar-refractivity contribution in [3.8, 4) is 0 Å². The summed E-state index contributed by atoms with van der Waals surface area (Å²) in [7, 11) is 0. The van der Waals surface area contributed by atoms with Crippen molar-refractivity contribution in [1.29, 1.82) is 0 Å². The third-order valence-corrected chi connectivity index (χ3v) is 4.09. The Morgan fingerprint density at radius 1 is 1.05 bits per heavy atom. The van der Waals surface area contributed by atoms with Crippen molar-refractivity contribution < 1.29 is 9.59 Å². The zero-order valence-corrected chi connectivity index (χ0v) is 13.8. The molecule has 0 heterocycles. The molecule has 1 aromatic rings. The lowest BCUT2D eigenvalue weighted by Gasteiger charge is -2.22. The number of carbonyl (C=O) groups excluding carboxylic acids is 2. The van der Waals surface area contributed by atoms with Crippen LogP contribution < -0.4 is 5.32 Å². The molecule has 1 rings (SSSR count). The van der Waals surface area contributed by atoms with E-state index in [4.69, 9.17) is 0 Å². The number of rotatable bonds is 7. The molecular weight excluding hydrogens is 262 g/mol. The molecule has 0 bridgehead atoms. The summed E-state index contributed by atoms with van der Waals surface area (Å²) < 4.78 is 0. The largest absolute Gasteiger partial charge is 0.325 e. The van der Waals surface area contributed by atoms with E-state index in [9.17, 15) is 9.59 Å². The molecule has 0 saturated heterocycles. The summed E-state index contributed by atoms with van der Waals surface area (Å²) in [5.74, 6) is 0.421. The first-order valence-corrected chi connectivity index (χ1v) is 7.82. The molecule has 1 N–H and O–H groups in total. The molecule has 0 aromatic heterocycles. The van der Waals surface area contributed by atoms with Gasteiger partial charge in [-0.25, -0.2) is 0 Å². The molecule has 1 aromatic carbocycles. The van der Waals surface area contributed by atoms with Crippen LogP contribution >= 0.6 is 0 Å². The molecule has 2 atom stereocenters. The molecule has 21 heavy (non-hydrogen) atoms. The smallest absolute Gasteiger partial charge is 0.231 e. The van der Waals surface area contributed by atoms with Gasteiger partial charge in [0, 0.05) is 5.69 Å². The second-order valence-electron chi connectivity index (χ2n) is 5.86. The molecule has 0 aliphatic carbocycles. The minimum absolute atomic E-state index is 0.0607. The van der Waals surface area contributed by atoms with Crippen LogP contribution in [0.2, 0.25) is 0 Å². The summed E-state index contributed by atoms with van der Waals surface area (Å²) >= 11 is 0. The van der Waals surface area contributed by atoms with Crippen LogP contribution in [0.4, 0.5) is 5.69 Å². The average molecular weight is 289 g/mol. The lowest BCUT2D eigenvalue weighted by atomic mass is 9.89. The topological polar surface area (TPSA) is 46.2 Å². The Labute approximate surface area is 128 Å². The fourth-order valence-electron chi connectivity index (χ4n) is 2.40. The highest BCUT2D eigenvalue weighted by Crippen LogP contribution is 2.35. The van der Waals surface area contributed by atoms with Crippen molar-refractivity contribution >= 4 is 17.4 Å². The average Bonchev–Trinajstić information content (AvgIpc) is 2.44. The van der Waals surface area contributed by atoms with Gasteiger partial charge in [-0.05, 0) is 42.7 Å². The van der Waals surface area contributed by atoms with Crippen LogP contribution in [0.1, 0.15) is 76.8 Å². The molecule has 0 radical (unpaired) electrons. The summed E-state index contributed by atoms with van der Waals surface area (Å²) in [5, 5.41) is 2.98. The van der Waals surface area contributed by atoms with Gasteiger partial charge in [0.2, 0.25) is 5.91 Å². The summed E-state index contributed by atoms with van der Waals surface area (Å²) in [6, 6.07) is 6.20. The molecule has 1 amide bonds. The second kappa shape index (κ2) is 7.96. The van der Waals surface area contributed by atoms with E-state index in [1.54, 1.807) is 0 Å². The number of nitrogens with one attached hydrogen (secondary N) is 1. The maximum absolute atomic E-state index is 12.0. The Hall–Kier alpha value is -1.64. The molecule has 0 aliphatic rings. The Balaban J connectivity index is 3.21. The monoisotopic (exact) mass is 289 g/mol. The van der Waals surface area contributed by atoms with Crippen LogP contribution in [0, 0.1) is 0 Å². The van der Waals surface area contributed by atoms with E-state index in [0.717, 1.165) is 29.7 Å². The van der Waals surface area contributed by atoms with Gasteiger partial charge in [0.05, 0.1) is 6.42 Å². The number of amides is 1. The molecule has 0 saturated carbocycles. The number of ketones is 1. The molecular formula is C18H27NO2. The highest BCUT2D eigenvalue weighted by Gasteiger charge is 2.18. The Morgan fingerprint density at radius 2 is 1.52 bits per heavy atom. The van der Waals surface area contributed by atoms with Gasteiger partial charge in [-0.15, -0.1) is 0 Å². The third-order valence-electron chi connectivity index (χ3n) is 4.09. The number of hydrogen-bond acceptors (Lipinski definition) is 2. The van der Waals surface area contributed by atoms with E-state index in [-0.39, 0.29) is 18.1 Å². The summed E-state index contributed by atoms with van der Waals surface area (Å²) in [5.41, 5.74) is 3.23. The third kappa shape index (κ3) is 4.69. The van der Waals surface area contributed by atoms with Crippen molar-refractivity contribution in [3.05, 3.63) is 29.3 Å². The van der Waals surface area contributed by atoms with Gasteiger partial charge >= 0.3 is 0 Å². The molecule has 2 unspecified atom stereocenters. The molecule has 0 fully saturated rings. The quantitative estimate of drug-likeness (QED) is 0.744. The van der Waals surface area contributed by atoms with Crippen LogP contribution in [0.3, 0.4) is 0 Å². The fourth-order valence-corrected chi connectivity index (χ4v) is 2.40. The van der Waals surface area contributed by atoms with Gasteiger partial charge in [-0.2, -0.15) is 0 Å². The highest BCUT2D eigenvalue weighted by atomic mass is 16.2. The van der Waals surface area contributed by atoms with Crippen molar-refractivity contribution in [2.24, 2.45) is 0 Å². The SMILES string of the molecule is CCC(C)c1cccc(C(C)CC)c1NC(=O)CC(C)=O. The Kier molecular flexibility index (Phi) is 6.60. The van der Waals surface area contributed by atoms with E-state index in [0.29, 0.717) is 11.8 Å². The molecule has 3 nitrogen and oxygen atoms in total. The molecule has 3 heteroatoms. The zero-order valence-electron chi connectivity index (χ0n) is 13.8. The van der Waals surface area contributed by atoms with E-state index < -0.39 is 0 Å². The zero-order chi connectivity index (χ0) is 16.0. The first kappa shape index (κ1) is 17.4. The second-order valence-corrected chi connectivity index (χ2v) is 5.86. The van der Waals surface area contributed by atoms with Gasteiger partial charge in [0.25, 0.3) is 0 Å². The van der Waals surface area contributed by atoms with Crippen LogP contribution in [-0.2, 0) is 9.59 Å². The molecule has 0 aliphatic heterocycles. The number of benzene rings is 1. The van der Waals surface area contributed by atoms with Gasteiger partial charge in [0.15, 0.2) is 0 Å². The predicted molar refractivity (Wildman–Crippen MR) is 87.8 cm³/mol. The van der Waals surface area contributed by atoms with Gasteiger partial charge in [-0.1, -0.05) is 45.9 Å². The van der Waals surface area contributed by atoms with E-state index in [1.165, 1.54) is 6.92 Å². The standard InChI is InChI=1S/C18H27NO2/c1-6-12(3)15-9-8-10-16(13(4)7-2)18(15)19-17(21)11-14(5)20/h8-10,12-13H,6-7,11H2,1-5H3,(H,19,21). The van der Waals surface area contributed by atoms with E-state index >= 15 is 0 Å². The Morgan fingerprint density at radius 3 is 1.90 bits per heavy atom. The maximum Gasteiger partial charge on any atom is 0.231 e. The van der Waals surface area contributed by atoms with Gasteiger partial charge in [-0.3, -0.25) is 9.59 Å². The van der Waals surface area contributed by atoms with Crippen LogP contribution in [0.15, 0.2) is 18.2 Å². The number of para-hydroxylation sites is 1. The number of Topliss-reactive ketones (excluding diaryl/α,β-unsaturated/α-hetero) is 1. The van der Waals surface area contributed by atoms with Crippen molar-refractivity contribution in [2.45, 2.75) is 65.7 Å². The lowest BCUT2D eigenvalue weighted by Crippen LogP contribution is -2.18. The highest BCUT2D eigenvalue weighted by molar-refractivity contribution is 6.04. The first-order valence-electron chi connectivity index (χ1n) is 7.82.